The van der Waals surface area contributed by atoms with Crippen LogP contribution in [0.2, 0.25) is 0 Å². The van der Waals surface area contributed by atoms with E-state index in [1.807, 2.05) is 0 Å². The molecule has 1 aromatic carbocycles. The van der Waals surface area contributed by atoms with Crippen molar-refractivity contribution in [2.75, 3.05) is 25.0 Å². The highest BCUT2D eigenvalue weighted by molar-refractivity contribution is 7.90. The molecule has 28 heavy (non-hydrogen) atoms. The number of anilines is 1. The van der Waals surface area contributed by atoms with Gasteiger partial charge in [0.2, 0.25) is 10.0 Å². The highest BCUT2D eigenvalue weighted by Crippen LogP contribution is 2.38. The van der Waals surface area contributed by atoms with E-state index in [4.69, 9.17) is 0 Å². The minimum absolute atomic E-state index is 0.487. The predicted molar refractivity (Wildman–Crippen MR) is 111 cm³/mol. The van der Waals surface area contributed by atoms with E-state index in [9.17, 15) is 13.2 Å². The molecule has 0 unspecified atom stereocenters. The number of nitrogens with zero attached hydrogens (tertiary/aromatic N) is 1. The smallest absolute Gasteiger partial charge is 0.307 e. The molecular formula is C21H31N3O3S. The Bertz CT molecular complexity index is 826. The lowest BCUT2D eigenvalue weighted by molar-refractivity contribution is 0.229. The number of carbonyl (C=O) groups is 1. The number of likely N-dealkylation sites (tertiary alicyclic amines) is 1. The summed E-state index contributed by atoms with van der Waals surface area (Å²) in [6, 6.07) is 1.69. The summed E-state index contributed by atoms with van der Waals surface area (Å²) in [5, 5.41) is 2.44. The van der Waals surface area contributed by atoms with Gasteiger partial charge in [0.1, 0.15) is 0 Å². The molecule has 1 aromatic rings. The van der Waals surface area contributed by atoms with Gasteiger partial charge in [-0.3, -0.25) is 0 Å². The molecule has 0 atom stereocenters. The van der Waals surface area contributed by atoms with E-state index in [1.54, 1.807) is 0 Å². The third-order valence-electron chi connectivity index (χ3n) is 6.46. The zero-order valence-electron chi connectivity index (χ0n) is 16.7. The van der Waals surface area contributed by atoms with Crippen molar-refractivity contribution < 1.29 is 13.2 Å². The SMILES string of the molecule is CCCN1CCC(S(=O)(=O)NC(=O)Nc2c3c(cc4c2CCC4)CCC3)CC1. The first kappa shape index (κ1) is 19.7. The monoisotopic (exact) mass is 405 g/mol. The maximum absolute atomic E-state index is 12.7. The minimum atomic E-state index is -3.66. The first-order chi connectivity index (χ1) is 13.5. The molecule has 1 fully saturated rings. The molecule has 0 spiro atoms. The number of benzene rings is 1. The number of urea groups is 1. The largest absolute Gasteiger partial charge is 0.332 e. The Morgan fingerprint density at radius 1 is 1.07 bits per heavy atom. The minimum Gasteiger partial charge on any atom is -0.307 e. The van der Waals surface area contributed by atoms with E-state index in [2.05, 4.69) is 27.9 Å². The van der Waals surface area contributed by atoms with Crippen LogP contribution >= 0.6 is 0 Å². The Morgan fingerprint density at radius 2 is 1.68 bits per heavy atom. The average molecular weight is 406 g/mol. The number of piperidine rings is 1. The number of carbonyl (C=O) groups excluding carboxylic acids is 1. The van der Waals surface area contributed by atoms with Crippen molar-refractivity contribution in [1.29, 1.82) is 0 Å². The predicted octanol–water partition coefficient (Wildman–Crippen LogP) is 2.99. The van der Waals surface area contributed by atoms with Crippen LogP contribution in [0.5, 0.6) is 0 Å². The fourth-order valence-electron chi connectivity index (χ4n) is 5.08. The molecule has 1 heterocycles. The van der Waals surface area contributed by atoms with Gasteiger partial charge in [0.25, 0.3) is 0 Å². The number of aryl methyl sites for hydroxylation is 2. The standard InChI is InChI=1S/C21H31N3O3S/c1-2-11-24-12-9-17(10-13-24)28(26,27)23-21(25)22-20-18-7-3-5-15(18)14-16-6-4-8-19(16)20/h14,17H,2-13H2,1H3,(H2,22,23,25). The molecule has 154 valence electrons. The Hall–Kier alpha value is -1.60. The number of hydrogen-bond donors (Lipinski definition) is 2. The molecule has 1 saturated heterocycles. The number of hydrogen-bond acceptors (Lipinski definition) is 4. The average Bonchev–Trinajstić information content (AvgIpc) is 3.31. The first-order valence-corrected chi connectivity index (χ1v) is 12.2. The van der Waals surface area contributed by atoms with E-state index in [0.29, 0.717) is 12.8 Å². The van der Waals surface area contributed by atoms with Crippen LogP contribution < -0.4 is 10.0 Å². The Kier molecular flexibility index (Phi) is 5.65. The van der Waals surface area contributed by atoms with Crippen LogP contribution in [-0.4, -0.2) is 44.2 Å². The Balaban J connectivity index is 1.44. The number of nitrogens with one attached hydrogen (secondary N) is 2. The second-order valence-electron chi connectivity index (χ2n) is 8.38. The van der Waals surface area contributed by atoms with Crippen molar-refractivity contribution in [3.63, 3.8) is 0 Å². The Labute approximate surface area is 168 Å². The zero-order valence-corrected chi connectivity index (χ0v) is 17.5. The molecule has 2 amide bonds. The van der Waals surface area contributed by atoms with Crippen LogP contribution in [0.25, 0.3) is 0 Å². The summed E-state index contributed by atoms with van der Waals surface area (Å²) in [7, 11) is -3.66. The van der Waals surface area contributed by atoms with Crippen molar-refractivity contribution in [1.82, 2.24) is 9.62 Å². The first-order valence-electron chi connectivity index (χ1n) is 10.7. The number of fused-ring (bicyclic) bond motifs is 2. The van der Waals surface area contributed by atoms with E-state index >= 15 is 0 Å². The fourth-order valence-corrected chi connectivity index (χ4v) is 6.39. The second-order valence-corrected chi connectivity index (χ2v) is 10.3. The second kappa shape index (κ2) is 8.03. The van der Waals surface area contributed by atoms with Crippen LogP contribution in [0, 0.1) is 0 Å². The molecule has 4 rings (SSSR count). The maximum Gasteiger partial charge on any atom is 0.332 e. The van der Waals surface area contributed by atoms with Crippen molar-refractivity contribution in [3.8, 4) is 0 Å². The summed E-state index contributed by atoms with van der Waals surface area (Å²) in [6.07, 6.45) is 8.45. The lowest BCUT2D eigenvalue weighted by Gasteiger charge is -2.31. The normalized spacial score (nSPS) is 20.0. The van der Waals surface area contributed by atoms with Crippen molar-refractivity contribution >= 4 is 21.7 Å². The molecule has 2 N–H and O–H groups in total. The van der Waals surface area contributed by atoms with Crippen LogP contribution in [0.3, 0.4) is 0 Å². The lowest BCUT2D eigenvalue weighted by Crippen LogP contribution is -2.46. The molecule has 0 radical (unpaired) electrons. The quantitative estimate of drug-likeness (QED) is 0.789. The van der Waals surface area contributed by atoms with Gasteiger partial charge in [-0.15, -0.1) is 0 Å². The van der Waals surface area contributed by atoms with Gasteiger partial charge >= 0.3 is 6.03 Å². The van der Waals surface area contributed by atoms with E-state index in [-0.39, 0.29) is 0 Å². The topological polar surface area (TPSA) is 78.5 Å². The van der Waals surface area contributed by atoms with Crippen LogP contribution in [-0.2, 0) is 35.7 Å². The molecule has 2 aliphatic carbocycles. The van der Waals surface area contributed by atoms with Crippen LogP contribution in [0.1, 0.15) is 61.3 Å². The van der Waals surface area contributed by atoms with Gasteiger partial charge in [-0.1, -0.05) is 13.0 Å². The molecule has 7 heteroatoms. The zero-order chi connectivity index (χ0) is 19.7. The number of sulfonamides is 1. The van der Waals surface area contributed by atoms with E-state index in [0.717, 1.165) is 70.3 Å². The van der Waals surface area contributed by atoms with E-state index < -0.39 is 21.3 Å². The van der Waals surface area contributed by atoms with E-state index in [1.165, 1.54) is 22.3 Å². The van der Waals surface area contributed by atoms with Gasteiger partial charge in [0, 0.05) is 5.69 Å². The van der Waals surface area contributed by atoms with Gasteiger partial charge in [-0.25, -0.2) is 17.9 Å². The summed E-state index contributed by atoms with van der Waals surface area (Å²) in [6.45, 7) is 4.69. The molecule has 0 aromatic heterocycles. The van der Waals surface area contributed by atoms with Gasteiger partial charge in [-0.2, -0.15) is 0 Å². The summed E-state index contributed by atoms with van der Waals surface area (Å²) >= 11 is 0. The Morgan fingerprint density at radius 3 is 2.25 bits per heavy atom. The fraction of sp³-hybridized carbons (Fsp3) is 0.667. The van der Waals surface area contributed by atoms with Gasteiger partial charge < -0.3 is 10.2 Å². The van der Waals surface area contributed by atoms with Crippen LogP contribution in [0.15, 0.2) is 6.07 Å². The molecule has 1 aliphatic heterocycles. The van der Waals surface area contributed by atoms with Gasteiger partial charge in [0.05, 0.1) is 5.25 Å². The lowest BCUT2D eigenvalue weighted by atomic mass is 9.99. The molecule has 3 aliphatic rings. The molecule has 0 bridgehead atoms. The third kappa shape index (κ3) is 3.92. The molecular weight excluding hydrogens is 374 g/mol. The third-order valence-corrected chi connectivity index (χ3v) is 8.28. The number of rotatable bonds is 5. The van der Waals surface area contributed by atoms with Gasteiger partial charge in [0.15, 0.2) is 0 Å². The van der Waals surface area contributed by atoms with Gasteiger partial charge in [-0.05, 0) is 99.7 Å². The van der Waals surface area contributed by atoms with Crippen molar-refractivity contribution in [2.24, 2.45) is 0 Å². The summed E-state index contributed by atoms with van der Waals surface area (Å²) in [5.41, 5.74) is 5.94. The highest BCUT2D eigenvalue weighted by atomic mass is 32.2. The summed E-state index contributed by atoms with van der Waals surface area (Å²) < 4.78 is 27.8. The maximum atomic E-state index is 12.7. The summed E-state index contributed by atoms with van der Waals surface area (Å²) in [5.74, 6) is 0. The number of amides is 2. The highest BCUT2D eigenvalue weighted by Gasteiger charge is 2.32. The molecule has 6 nitrogen and oxygen atoms in total. The summed E-state index contributed by atoms with van der Waals surface area (Å²) in [4.78, 5) is 14.9. The van der Waals surface area contributed by atoms with Crippen molar-refractivity contribution in [3.05, 3.63) is 28.3 Å². The molecule has 0 saturated carbocycles. The van der Waals surface area contributed by atoms with Crippen LogP contribution in [0.4, 0.5) is 10.5 Å². The van der Waals surface area contributed by atoms with Crippen molar-refractivity contribution in [2.45, 2.75) is 70.0 Å².